The van der Waals surface area contributed by atoms with Crippen LogP contribution in [0.3, 0.4) is 0 Å². The molecule has 0 aromatic carbocycles. The molecular formula is C18H20O5. The maximum absolute atomic E-state index is 12.2. The third-order valence-corrected chi connectivity index (χ3v) is 7.39. The standard InChI is InChI=1S/C18H20O5/c1-5(19)9-10(6(2)20)16-14-13(15(9)22-16)17-11-7-3-4-8(21-7)12(11)18(14)23-17/h3-4,7-18H,1-2H3. The number of hydrogen-bond donors (Lipinski definition) is 0. The highest BCUT2D eigenvalue weighted by Gasteiger charge is 2.76. The van der Waals surface area contributed by atoms with Gasteiger partial charge in [0.2, 0.25) is 0 Å². The lowest BCUT2D eigenvalue weighted by Crippen LogP contribution is -2.54. The summed E-state index contributed by atoms with van der Waals surface area (Å²) in [6, 6.07) is 0. The van der Waals surface area contributed by atoms with Gasteiger partial charge in [-0.25, -0.2) is 0 Å². The summed E-state index contributed by atoms with van der Waals surface area (Å²) in [5, 5.41) is 0. The third-order valence-electron chi connectivity index (χ3n) is 7.39. The van der Waals surface area contributed by atoms with E-state index in [1.54, 1.807) is 13.8 Å². The second kappa shape index (κ2) is 3.95. The number of ketones is 2. The molecule has 23 heavy (non-hydrogen) atoms. The summed E-state index contributed by atoms with van der Waals surface area (Å²) in [7, 11) is 0. The molecule has 6 bridgehead atoms. The lowest BCUT2D eigenvalue weighted by Gasteiger charge is -2.41. The van der Waals surface area contributed by atoms with Crippen molar-refractivity contribution in [3.8, 4) is 0 Å². The summed E-state index contributed by atoms with van der Waals surface area (Å²) in [6.07, 6.45) is 4.63. The first-order valence-electron chi connectivity index (χ1n) is 8.73. The Kier molecular flexibility index (Phi) is 2.28. The summed E-state index contributed by atoms with van der Waals surface area (Å²) in [4.78, 5) is 24.4. The molecule has 0 saturated carbocycles. The quantitative estimate of drug-likeness (QED) is 0.704. The number of carbonyl (C=O) groups excluding carboxylic acids is 2. The van der Waals surface area contributed by atoms with Gasteiger partial charge in [0.1, 0.15) is 11.6 Å². The fraction of sp³-hybridized carbons (Fsp3) is 0.778. The van der Waals surface area contributed by atoms with Gasteiger partial charge < -0.3 is 14.2 Å². The fourth-order valence-electron chi connectivity index (χ4n) is 6.87. The molecule has 0 amide bonds. The number of rotatable bonds is 2. The minimum absolute atomic E-state index is 0.0829. The van der Waals surface area contributed by atoms with Crippen LogP contribution in [0.2, 0.25) is 0 Å². The molecule has 12 atom stereocenters. The van der Waals surface area contributed by atoms with Crippen molar-refractivity contribution in [2.75, 3.05) is 0 Å². The Bertz CT molecular complexity index is 604. The van der Waals surface area contributed by atoms with Crippen LogP contribution in [0.25, 0.3) is 0 Å². The molecule has 6 aliphatic heterocycles. The molecule has 6 heterocycles. The maximum atomic E-state index is 12.2. The first-order valence-corrected chi connectivity index (χ1v) is 8.73. The number of carbonyl (C=O) groups is 2. The maximum Gasteiger partial charge on any atom is 0.136 e. The van der Waals surface area contributed by atoms with Crippen molar-refractivity contribution in [2.45, 2.75) is 50.5 Å². The average Bonchev–Trinajstić information content (AvgIpc) is 3.28. The molecule has 6 aliphatic rings. The molecule has 5 nitrogen and oxygen atoms in total. The molecule has 122 valence electrons. The van der Waals surface area contributed by atoms with Gasteiger partial charge in [-0.2, -0.15) is 0 Å². The zero-order valence-corrected chi connectivity index (χ0v) is 13.1. The summed E-state index contributed by atoms with van der Waals surface area (Å²) in [5.41, 5.74) is 0. The predicted octanol–water partition coefficient (Wildman–Crippen LogP) is 0.761. The Morgan fingerprint density at radius 2 is 1.09 bits per heavy atom. The Labute approximate surface area is 134 Å². The van der Waals surface area contributed by atoms with Crippen molar-refractivity contribution < 1.29 is 23.8 Å². The van der Waals surface area contributed by atoms with Gasteiger partial charge in [-0.15, -0.1) is 0 Å². The summed E-state index contributed by atoms with van der Waals surface area (Å²) in [6.45, 7) is 3.19. The average molecular weight is 316 g/mol. The highest BCUT2D eigenvalue weighted by Crippen LogP contribution is 2.66. The van der Waals surface area contributed by atoms with Gasteiger partial charge in [-0.3, -0.25) is 9.59 Å². The number of Topliss-reactive ketones (excluding diaryl/α,β-unsaturated/α-hetero) is 2. The highest BCUT2D eigenvalue weighted by molar-refractivity contribution is 5.89. The van der Waals surface area contributed by atoms with E-state index >= 15 is 0 Å². The van der Waals surface area contributed by atoms with Crippen molar-refractivity contribution in [1.29, 1.82) is 0 Å². The van der Waals surface area contributed by atoms with Crippen LogP contribution in [0.4, 0.5) is 0 Å². The topological polar surface area (TPSA) is 61.8 Å². The zero-order valence-electron chi connectivity index (χ0n) is 13.1. The molecule has 0 spiro atoms. The molecule has 0 aromatic rings. The van der Waals surface area contributed by atoms with Crippen molar-refractivity contribution in [2.24, 2.45) is 35.5 Å². The first kappa shape index (κ1) is 13.3. The lowest BCUT2D eigenvalue weighted by atomic mass is 9.56. The van der Waals surface area contributed by atoms with E-state index in [4.69, 9.17) is 14.2 Å². The fourth-order valence-corrected chi connectivity index (χ4v) is 6.87. The highest BCUT2D eigenvalue weighted by atomic mass is 16.6. The van der Waals surface area contributed by atoms with Gasteiger partial charge >= 0.3 is 0 Å². The van der Waals surface area contributed by atoms with E-state index in [1.165, 1.54) is 0 Å². The normalized spacial score (nSPS) is 62.9. The summed E-state index contributed by atoms with van der Waals surface area (Å²) < 4.78 is 18.7. The van der Waals surface area contributed by atoms with Crippen LogP contribution in [0, 0.1) is 35.5 Å². The number of fused-ring (bicyclic) bond motifs is 16. The van der Waals surface area contributed by atoms with E-state index in [0.29, 0.717) is 11.8 Å². The molecule has 5 fully saturated rings. The molecule has 0 N–H and O–H groups in total. The van der Waals surface area contributed by atoms with Crippen molar-refractivity contribution >= 4 is 11.6 Å². The van der Waals surface area contributed by atoms with Gasteiger partial charge in [0.05, 0.1) is 48.5 Å². The van der Waals surface area contributed by atoms with Crippen LogP contribution in [0.5, 0.6) is 0 Å². The third kappa shape index (κ3) is 1.31. The van der Waals surface area contributed by atoms with Gasteiger partial charge in [0, 0.05) is 23.7 Å². The summed E-state index contributed by atoms with van der Waals surface area (Å²) in [5.74, 6) is 0.925. The van der Waals surface area contributed by atoms with E-state index in [9.17, 15) is 9.59 Å². The van der Waals surface area contributed by atoms with Gasteiger partial charge in [-0.05, 0) is 13.8 Å². The minimum Gasteiger partial charge on any atom is -0.373 e. The van der Waals surface area contributed by atoms with Crippen LogP contribution in [0.15, 0.2) is 12.2 Å². The van der Waals surface area contributed by atoms with Gasteiger partial charge in [0.25, 0.3) is 0 Å². The SMILES string of the molecule is CC(=O)C1C2OC(C1C(C)=O)C1C3OC(C4C5C=CC(O5)C34)C21. The molecule has 0 aromatic heterocycles. The summed E-state index contributed by atoms with van der Waals surface area (Å²) >= 11 is 0. The van der Waals surface area contributed by atoms with E-state index in [0.717, 1.165) is 0 Å². The Morgan fingerprint density at radius 1 is 0.652 bits per heavy atom. The monoisotopic (exact) mass is 316 g/mol. The number of ether oxygens (including phenoxy) is 3. The van der Waals surface area contributed by atoms with Gasteiger partial charge in [-0.1, -0.05) is 12.2 Å². The first-order chi connectivity index (χ1) is 11.1. The van der Waals surface area contributed by atoms with Crippen molar-refractivity contribution in [3.05, 3.63) is 12.2 Å². The number of hydrogen-bond acceptors (Lipinski definition) is 5. The van der Waals surface area contributed by atoms with E-state index in [1.807, 2.05) is 0 Å². The van der Waals surface area contributed by atoms with E-state index < -0.39 is 0 Å². The van der Waals surface area contributed by atoms with Crippen LogP contribution in [-0.4, -0.2) is 48.2 Å². The van der Waals surface area contributed by atoms with Crippen LogP contribution in [-0.2, 0) is 23.8 Å². The van der Waals surface area contributed by atoms with E-state index in [-0.39, 0.29) is 71.9 Å². The molecule has 12 unspecified atom stereocenters. The Balaban J connectivity index is 1.42. The molecule has 0 aliphatic carbocycles. The Morgan fingerprint density at radius 3 is 1.52 bits per heavy atom. The zero-order chi connectivity index (χ0) is 15.6. The van der Waals surface area contributed by atoms with E-state index in [2.05, 4.69) is 12.2 Å². The van der Waals surface area contributed by atoms with Crippen LogP contribution < -0.4 is 0 Å². The largest absolute Gasteiger partial charge is 0.373 e. The smallest absolute Gasteiger partial charge is 0.136 e. The minimum atomic E-state index is -0.282. The van der Waals surface area contributed by atoms with Crippen LogP contribution >= 0.6 is 0 Å². The van der Waals surface area contributed by atoms with Crippen LogP contribution in [0.1, 0.15) is 13.8 Å². The Hall–Kier alpha value is -1.04. The van der Waals surface area contributed by atoms with Crippen molar-refractivity contribution in [3.63, 3.8) is 0 Å². The van der Waals surface area contributed by atoms with Gasteiger partial charge in [0.15, 0.2) is 0 Å². The molecule has 5 heteroatoms. The molecule has 5 saturated heterocycles. The second-order valence-corrected chi connectivity index (χ2v) is 8.16. The predicted molar refractivity (Wildman–Crippen MR) is 77.4 cm³/mol. The molecule has 6 rings (SSSR count). The molecule has 0 radical (unpaired) electrons. The molecular weight excluding hydrogens is 296 g/mol. The second-order valence-electron chi connectivity index (χ2n) is 8.16. The lowest BCUT2D eigenvalue weighted by molar-refractivity contribution is -0.132. The van der Waals surface area contributed by atoms with Crippen molar-refractivity contribution in [1.82, 2.24) is 0 Å².